The Kier molecular flexibility index (Phi) is 3.97. The summed E-state index contributed by atoms with van der Waals surface area (Å²) in [6.07, 6.45) is 3.27. The minimum atomic E-state index is -0.0356. The van der Waals surface area contributed by atoms with Crippen molar-refractivity contribution in [2.75, 3.05) is 12.4 Å². The van der Waals surface area contributed by atoms with Gasteiger partial charge in [-0.05, 0) is 42.9 Å². The van der Waals surface area contributed by atoms with Crippen LogP contribution in [0.4, 0.5) is 5.69 Å². The smallest absolute Gasteiger partial charge is 0.256 e. The average Bonchev–Trinajstić information content (AvgIpc) is 2.90. The van der Waals surface area contributed by atoms with E-state index in [0.717, 1.165) is 24.3 Å². The molecule has 0 unspecified atom stereocenters. The molecule has 1 amide bonds. The van der Waals surface area contributed by atoms with E-state index < -0.39 is 0 Å². The van der Waals surface area contributed by atoms with Gasteiger partial charge in [0.2, 0.25) is 0 Å². The Labute approximate surface area is 129 Å². The summed E-state index contributed by atoms with van der Waals surface area (Å²) < 4.78 is 5.28. The fourth-order valence-corrected chi connectivity index (χ4v) is 4.05. The van der Waals surface area contributed by atoms with Gasteiger partial charge in [-0.2, -0.15) is 0 Å². The molecule has 0 aliphatic heterocycles. The number of methoxy groups -OCH3 is 1. The Hall–Kier alpha value is -1.81. The maximum absolute atomic E-state index is 12.5. The van der Waals surface area contributed by atoms with Crippen molar-refractivity contribution in [2.45, 2.75) is 26.2 Å². The number of anilines is 1. The Morgan fingerprint density at radius 2 is 2.19 bits per heavy atom. The van der Waals surface area contributed by atoms with Crippen LogP contribution in [0.1, 0.15) is 34.1 Å². The van der Waals surface area contributed by atoms with E-state index in [2.05, 4.69) is 12.2 Å². The van der Waals surface area contributed by atoms with E-state index in [9.17, 15) is 4.79 Å². The molecule has 0 saturated carbocycles. The van der Waals surface area contributed by atoms with E-state index in [-0.39, 0.29) is 5.91 Å². The molecule has 1 N–H and O–H groups in total. The van der Waals surface area contributed by atoms with Crippen molar-refractivity contribution >= 4 is 22.9 Å². The zero-order valence-electron chi connectivity index (χ0n) is 12.3. The highest BCUT2D eigenvalue weighted by Gasteiger charge is 2.23. The molecule has 0 saturated heterocycles. The standard InChI is InChI=1S/C17H19NO2S/c1-11-7-8-12-13(10-21-16(12)9-11)17(19)18-14-5-3-4-6-15(14)20-2/h3-6,10-11H,7-9H2,1-2H3,(H,18,19)/t11-/m0/s1. The van der Waals surface area contributed by atoms with Crippen LogP contribution in [0.3, 0.4) is 0 Å². The first-order valence-electron chi connectivity index (χ1n) is 7.22. The Bertz CT molecular complexity index is 663. The van der Waals surface area contributed by atoms with Gasteiger partial charge in [0.1, 0.15) is 5.75 Å². The van der Waals surface area contributed by atoms with Crippen molar-refractivity contribution < 1.29 is 9.53 Å². The lowest BCUT2D eigenvalue weighted by Crippen LogP contribution is -2.16. The van der Waals surface area contributed by atoms with Gasteiger partial charge in [0.15, 0.2) is 0 Å². The highest BCUT2D eigenvalue weighted by molar-refractivity contribution is 7.10. The summed E-state index contributed by atoms with van der Waals surface area (Å²) in [5.41, 5.74) is 2.78. The number of para-hydroxylation sites is 2. The van der Waals surface area contributed by atoms with E-state index in [1.807, 2.05) is 29.6 Å². The first-order valence-corrected chi connectivity index (χ1v) is 8.10. The van der Waals surface area contributed by atoms with Crippen molar-refractivity contribution in [3.8, 4) is 5.75 Å². The zero-order valence-corrected chi connectivity index (χ0v) is 13.1. The van der Waals surface area contributed by atoms with Crippen LogP contribution >= 0.6 is 11.3 Å². The van der Waals surface area contributed by atoms with E-state index in [4.69, 9.17) is 4.74 Å². The first-order chi connectivity index (χ1) is 10.2. The van der Waals surface area contributed by atoms with Gasteiger partial charge in [0.25, 0.3) is 5.91 Å². The van der Waals surface area contributed by atoms with E-state index in [1.54, 1.807) is 18.4 Å². The number of benzene rings is 1. The van der Waals surface area contributed by atoms with Gasteiger partial charge in [0, 0.05) is 10.3 Å². The summed E-state index contributed by atoms with van der Waals surface area (Å²) in [6.45, 7) is 2.28. The predicted octanol–water partition coefficient (Wildman–Crippen LogP) is 4.13. The molecule has 0 bridgehead atoms. The SMILES string of the molecule is COc1ccccc1NC(=O)c1csc2c1CC[C@H](C)C2. The van der Waals surface area contributed by atoms with Crippen LogP contribution in [0.5, 0.6) is 5.75 Å². The number of nitrogens with one attached hydrogen (secondary N) is 1. The van der Waals surface area contributed by atoms with Crippen molar-refractivity contribution in [1.82, 2.24) is 0 Å². The molecular weight excluding hydrogens is 282 g/mol. The minimum Gasteiger partial charge on any atom is -0.495 e. The molecule has 0 fully saturated rings. The lowest BCUT2D eigenvalue weighted by molar-refractivity contribution is 0.102. The van der Waals surface area contributed by atoms with Crippen LogP contribution in [0.2, 0.25) is 0 Å². The lowest BCUT2D eigenvalue weighted by atomic mass is 9.88. The summed E-state index contributed by atoms with van der Waals surface area (Å²) in [4.78, 5) is 13.9. The predicted molar refractivity (Wildman–Crippen MR) is 86.5 cm³/mol. The fraction of sp³-hybridized carbons (Fsp3) is 0.353. The van der Waals surface area contributed by atoms with Gasteiger partial charge in [-0.15, -0.1) is 11.3 Å². The normalized spacial score (nSPS) is 17.1. The van der Waals surface area contributed by atoms with Gasteiger partial charge in [0.05, 0.1) is 18.4 Å². The van der Waals surface area contributed by atoms with Crippen molar-refractivity contribution in [3.05, 3.63) is 45.6 Å². The highest BCUT2D eigenvalue weighted by atomic mass is 32.1. The second kappa shape index (κ2) is 5.90. The average molecular weight is 301 g/mol. The minimum absolute atomic E-state index is 0.0356. The number of carbonyl (C=O) groups is 1. The monoisotopic (exact) mass is 301 g/mol. The topological polar surface area (TPSA) is 38.3 Å². The molecule has 3 rings (SSSR count). The van der Waals surface area contributed by atoms with Crippen LogP contribution in [-0.2, 0) is 12.8 Å². The molecule has 4 heteroatoms. The number of hydrogen-bond donors (Lipinski definition) is 1. The highest BCUT2D eigenvalue weighted by Crippen LogP contribution is 2.33. The lowest BCUT2D eigenvalue weighted by Gasteiger charge is -2.19. The zero-order chi connectivity index (χ0) is 14.8. The van der Waals surface area contributed by atoms with Crippen LogP contribution in [0.25, 0.3) is 0 Å². The quantitative estimate of drug-likeness (QED) is 0.925. The third-order valence-corrected chi connectivity index (χ3v) is 5.05. The molecule has 0 radical (unpaired) electrons. The van der Waals surface area contributed by atoms with Gasteiger partial charge < -0.3 is 10.1 Å². The number of carbonyl (C=O) groups excluding carboxylic acids is 1. The molecule has 21 heavy (non-hydrogen) atoms. The van der Waals surface area contributed by atoms with Gasteiger partial charge in [-0.25, -0.2) is 0 Å². The Balaban J connectivity index is 1.83. The van der Waals surface area contributed by atoms with Crippen LogP contribution in [0.15, 0.2) is 29.6 Å². The Morgan fingerprint density at radius 1 is 1.38 bits per heavy atom. The molecule has 0 spiro atoms. The summed E-state index contributed by atoms with van der Waals surface area (Å²) in [6, 6.07) is 7.49. The molecule has 1 aliphatic rings. The van der Waals surface area contributed by atoms with Gasteiger partial charge in [-0.3, -0.25) is 4.79 Å². The number of amides is 1. The number of ether oxygens (including phenoxy) is 1. The second-order valence-corrected chi connectivity index (χ2v) is 6.52. The summed E-state index contributed by atoms with van der Waals surface area (Å²) in [5.74, 6) is 1.37. The number of hydrogen-bond acceptors (Lipinski definition) is 3. The largest absolute Gasteiger partial charge is 0.495 e. The molecule has 1 aliphatic carbocycles. The van der Waals surface area contributed by atoms with Crippen LogP contribution in [0, 0.1) is 5.92 Å². The molecule has 1 aromatic heterocycles. The van der Waals surface area contributed by atoms with Crippen molar-refractivity contribution in [1.29, 1.82) is 0 Å². The molecule has 1 aromatic carbocycles. The summed E-state index contributed by atoms with van der Waals surface area (Å²) >= 11 is 1.71. The molecule has 1 heterocycles. The first kappa shape index (κ1) is 14.1. The third kappa shape index (κ3) is 2.81. The van der Waals surface area contributed by atoms with Crippen LogP contribution < -0.4 is 10.1 Å². The number of rotatable bonds is 3. The van der Waals surface area contributed by atoms with Crippen molar-refractivity contribution in [2.24, 2.45) is 5.92 Å². The molecule has 1 atom stereocenters. The molecular formula is C17H19NO2S. The van der Waals surface area contributed by atoms with E-state index >= 15 is 0 Å². The molecule has 3 nitrogen and oxygen atoms in total. The van der Waals surface area contributed by atoms with Crippen LogP contribution in [-0.4, -0.2) is 13.0 Å². The maximum atomic E-state index is 12.5. The van der Waals surface area contributed by atoms with E-state index in [0.29, 0.717) is 11.4 Å². The Morgan fingerprint density at radius 3 is 3.00 bits per heavy atom. The molecule has 2 aromatic rings. The maximum Gasteiger partial charge on any atom is 0.256 e. The van der Waals surface area contributed by atoms with Crippen molar-refractivity contribution in [3.63, 3.8) is 0 Å². The summed E-state index contributed by atoms with van der Waals surface area (Å²) in [5, 5.41) is 4.96. The summed E-state index contributed by atoms with van der Waals surface area (Å²) in [7, 11) is 1.61. The molecule has 110 valence electrons. The fourth-order valence-electron chi connectivity index (χ4n) is 2.81. The number of thiophene rings is 1. The van der Waals surface area contributed by atoms with Gasteiger partial charge in [-0.1, -0.05) is 19.1 Å². The van der Waals surface area contributed by atoms with Gasteiger partial charge >= 0.3 is 0 Å². The van der Waals surface area contributed by atoms with E-state index in [1.165, 1.54) is 16.9 Å². The number of fused-ring (bicyclic) bond motifs is 1. The second-order valence-electron chi connectivity index (χ2n) is 5.55. The third-order valence-electron chi connectivity index (χ3n) is 4.00.